The van der Waals surface area contributed by atoms with Gasteiger partial charge in [-0.25, -0.2) is 4.98 Å². The Kier molecular flexibility index (Phi) is 6.45. The quantitative estimate of drug-likeness (QED) is 0.542. The maximum Gasteiger partial charge on any atom is 0.306 e. The van der Waals surface area contributed by atoms with E-state index in [0.717, 1.165) is 6.42 Å². The van der Waals surface area contributed by atoms with Gasteiger partial charge in [0.15, 0.2) is 8.32 Å². The van der Waals surface area contributed by atoms with Gasteiger partial charge in [-0.1, -0.05) is 20.8 Å². The highest BCUT2D eigenvalue weighted by Gasteiger charge is 2.41. The van der Waals surface area contributed by atoms with Crippen molar-refractivity contribution in [1.29, 1.82) is 0 Å². The molecular formula is C18H32N2O4Si. The molecule has 0 aliphatic carbocycles. The molecule has 0 amide bonds. The van der Waals surface area contributed by atoms with Crippen LogP contribution in [0.2, 0.25) is 18.1 Å². The van der Waals surface area contributed by atoms with Crippen molar-refractivity contribution in [3.63, 3.8) is 0 Å². The SMILES string of the molecule is CCOC(=O)CC1C[C@@H](CO[Si](C)(C)C(C)(C)C)OC1n1ccnc1. The van der Waals surface area contributed by atoms with Gasteiger partial charge in [-0.2, -0.15) is 0 Å². The highest BCUT2D eigenvalue weighted by Crippen LogP contribution is 2.40. The second kappa shape index (κ2) is 8.01. The van der Waals surface area contributed by atoms with Gasteiger partial charge in [-0.3, -0.25) is 4.79 Å². The van der Waals surface area contributed by atoms with E-state index in [1.54, 1.807) is 12.5 Å². The molecule has 0 radical (unpaired) electrons. The van der Waals surface area contributed by atoms with Gasteiger partial charge < -0.3 is 18.5 Å². The van der Waals surface area contributed by atoms with Gasteiger partial charge in [-0.15, -0.1) is 0 Å². The van der Waals surface area contributed by atoms with E-state index in [4.69, 9.17) is 13.9 Å². The van der Waals surface area contributed by atoms with Gasteiger partial charge in [0.05, 0.1) is 32.1 Å². The molecule has 3 atom stereocenters. The summed E-state index contributed by atoms with van der Waals surface area (Å²) < 4.78 is 19.6. The van der Waals surface area contributed by atoms with Crippen LogP contribution in [0.15, 0.2) is 18.7 Å². The summed E-state index contributed by atoms with van der Waals surface area (Å²) >= 11 is 0. The second-order valence-electron chi connectivity index (χ2n) is 8.23. The molecule has 7 heteroatoms. The highest BCUT2D eigenvalue weighted by atomic mass is 28.4. The number of esters is 1. The minimum Gasteiger partial charge on any atom is -0.466 e. The molecular weight excluding hydrogens is 336 g/mol. The van der Waals surface area contributed by atoms with E-state index >= 15 is 0 Å². The fourth-order valence-electron chi connectivity index (χ4n) is 2.79. The molecule has 2 unspecified atom stereocenters. The van der Waals surface area contributed by atoms with Gasteiger partial charge in [0.25, 0.3) is 0 Å². The lowest BCUT2D eigenvalue weighted by Crippen LogP contribution is -2.42. The number of carbonyl (C=O) groups excluding carboxylic acids is 1. The third kappa shape index (κ3) is 5.15. The molecule has 1 aromatic heterocycles. The third-order valence-electron chi connectivity index (χ3n) is 5.29. The number of nitrogens with zero attached hydrogens (tertiary/aromatic N) is 2. The molecule has 25 heavy (non-hydrogen) atoms. The number of aromatic nitrogens is 2. The zero-order valence-corrected chi connectivity index (χ0v) is 17.3. The van der Waals surface area contributed by atoms with Crippen LogP contribution in [-0.2, 0) is 18.7 Å². The lowest BCUT2D eigenvalue weighted by molar-refractivity contribution is -0.145. The highest BCUT2D eigenvalue weighted by molar-refractivity contribution is 6.74. The van der Waals surface area contributed by atoms with Crippen LogP contribution in [0.5, 0.6) is 0 Å². The summed E-state index contributed by atoms with van der Waals surface area (Å²) in [6.45, 7) is 14.0. The number of carbonyl (C=O) groups is 1. The van der Waals surface area contributed by atoms with Crippen LogP contribution < -0.4 is 0 Å². The maximum atomic E-state index is 11.9. The smallest absolute Gasteiger partial charge is 0.306 e. The first-order valence-corrected chi connectivity index (χ1v) is 12.0. The number of hydrogen-bond acceptors (Lipinski definition) is 5. The van der Waals surface area contributed by atoms with E-state index in [9.17, 15) is 4.79 Å². The van der Waals surface area contributed by atoms with E-state index < -0.39 is 8.32 Å². The Bertz CT molecular complexity index is 554. The standard InChI is InChI=1S/C18H32N2O4Si/c1-7-22-16(21)11-14-10-15(12-23-25(5,6)18(2,3)4)24-17(14)20-9-8-19-13-20/h8-9,13-15,17H,7,10-12H2,1-6H3/t14?,15-,17?/m0/s1. The summed E-state index contributed by atoms with van der Waals surface area (Å²) in [5.74, 6) is -0.103. The van der Waals surface area contributed by atoms with E-state index in [1.165, 1.54) is 0 Å². The molecule has 1 saturated heterocycles. The van der Waals surface area contributed by atoms with Crippen LogP contribution in [0.1, 0.15) is 46.8 Å². The van der Waals surface area contributed by atoms with E-state index in [2.05, 4.69) is 38.8 Å². The van der Waals surface area contributed by atoms with Crippen LogP contribution >= 0.6 is 0 Å². The molecule has 0 bridgehead atoms. The van der Waals surface area contributed by atoms with Crippen molar-refractivity contribution >= 4 is 14.3 Å². The first kappa shape index (κ1) is 20.1. The summed E-state index contributed by atoms with van der Waals surface area (Å²) in [6.07, 6.45) is 6.27. The minimum atomic E-state index is -1.82. The van der Waals surface area contributed by atoms with Gasteiger partial charge >= 0.3 is 5.97 Å². The van der Waals surface area contributed by atoms with Gasteiger partial charge in [0, 0.05) is 18.3 Å². The predicted molar refractivity (Wildman–Crippen MR) is 98.6 cm³/mol. The Morgan fingerprint density at radius 1 is 1.40 bits per heavy atom. The largest absolute Gasteiger partial charge is 0.466 e. The molecule has 1 aromatic rings. The molecule has 0 spiro atoms. The molecule has 6 nitrogen and oxygen atoms in total. The lowest BCUT2D eigenvalue weighted by atomic mass is 9.99. The van der Waals surface area contributed by atoms with Crippen LogP contribution in [0, 0.1) is 5.92 Å². The summed E-state index contributed by atoms with van der Waals surface area (Å²) in [5.41, 5.74) is 0. The van der Waals surface area contributed by atoms with Crippen molar-refractivity contribution in [1.82, 2.24) is 9.55 Å². The van der Waals surface area contributed by atoms with Gasteiger partial charge in [0.2, 0.25) is 0 Å². The van der Waals surface area contributed by atoms with Crippen molar-refractivity contribution in [2.75, 3.05) is 13.2 Å². The average molecular weight is 369 g/mol. The molecule has 1 aliphatic heterocycles. The number of rotatable bonds is 7. The van der Waals surface area contributed by atoms with Crippen molar-refractivity contribution in [3.05, 3.63) is 18.7 Å². The van der Waals surface area contributed by atoms with Crippen LogP contribution in [0.3, 0.4) is 0 Å². The molecule has 2 rings (SSSR count). The third-order valence-corrected chi connectivity index (χ3v) is 9.79. The summed E-state index contributed by atoms with van der Waals surface area (Å²) in [5, 5.41) is 0.166. The minimum absolute atomic E-state index is 0.0130. The fourth-order valence-corrected chi connectivity index (χ4v) is 3.83. The van der Waals surface area contributed by atoms with Crippen LogP contribution in [0.4, 0.5) is 0 Å². The molecule has 1 fully saturated rings. The van der Waals surface area contributed by atoms with Crippen molar-refractivity contribution in [3.8, 4) is 0 Å². The average Bonchev–Trinajstić information content (AvgIpc) is 3.13. The fraction of sp³-hybridized carbons (Fsp3) is 0.778. The Balaban J connectivity index is 2.01. The maximum absolute atomic E-state index is 11.9. The molecule has 142 valence electrons. The monoisotopic (exact) mass is 368 g/mol. The Morgan fingerprint density at radius 3 is 2.68 bits per heavy atom. The summed E-state index contributed by atoms with van der Waals surface area (Å²) in [6, 6.07) is 0. The Hall–Kier alpha value is -1.18. The van der Waals surface area contributed by atoms with Crippen LogP contribution in [-0.4, -0.2) is 43.2 Å². The van der Waals surface area contributed by atoms with Crippen LogP contribution in [0.25, 0.3) is 0 Å². The van der Waals surface area contributed by atoms with E-state index in [-0.39, 0.29) is 29.3 Å². The zero-order chi connectivity index (χ0) is 18.7. The molecule has 1 aliphatic rings. The number of ether oxygens (including phenoxy) is 2. The molecule has 0 aromatic carbocycles. The first-order valence-electron chi connectivity index (χ1n) is 9.06. The Morgan fingerprint density at radius 2 is 2.12 bits per heavy atom. The molecule has 0 N–H and O–H groups in total. The normalized spacial score (nSPS) is 24.5. The van der Waals surface area contributed by atoms with Crippen molar-refractivity contribution in [2.24, 2.45) is 5.92 Å². The van der Waals surface area contributed by atoms with Crippen molar-refractivity contribution in [2.45, 2.75) is 71.0 Å². The number of hydrogen-bond donors (Lipinski definition) is 0. The van der Waals surface area contributed by atoms with Gasteiger partial charge in [-0.05, 0) is 31.5 Å². The molecule has 0 saturated carbocycles. The lowest BCUT2D eigenvalue weighted by Gasteiger charge is -2.36. The molecule has 2 heterocycles. The van der Waals surface area contributed by atoms with E-state index in [1.807, 2.05) is 17.7 Å². The van der Waals surface area contributed by atoms with Gasteiger partial charge in [0.1, 0.15) is 6.23 Å². The predicted octanol–water partition coefficient (Wildman–Crippen LogP) is 3.76. The second-order valence-corrected chi connectivity index (χ2v) is 13.0. The summed E-state index contributed by atoms with van der Waals surface area (Å²) in [7, 11) is -1.82. The summed E-state index contributed by atoms with van der Waals surface area (Å²) in [4.78, 5) is 16.0. The Labute approximate surface area is 152 Å². The topological polar surface area (TPSA) is 62.6 Å². The first-order chi connectivity index (χ1) is 11.6. The van der Waals surface area contributed by atoms with Crippen molar-refractivity contribution < 1.29 is 18.7 Å². The van der Waals surface area contributed by atoms with E-state index in [0.29, 0.717) is 19.6 Å². The zero-order valence-electron chi connectivity index (χ0n) is 16.3. The number of imidazole rings is 1.